The van der Waals surface area contributed by atoms with E-state index in [1.165, 1.54) is 36.9 Å². The molecule has 1 aromatic carbocycles. The standard InChI is InChI=1S/C26H29N3O3S/c1-32-26(31)23-22(28-24(30)19-7-8-19)21-10-9-20(27-25(21)33-23)16-29-13-11-18(12-14-29)15-17-5-3-2-4-6-17/h2-6,9-10,18-19H,7-8,11-16H2,1H3,(H,28,30). The Hall–Kier alpha value is -2.77. The molecule has 1 saturated carbocycles. The lowest BCUT2D eigenvalue weighted by Crippen LogP contribution is -2.34. The first-order chi connectivity index (χ1) is 16.1. The Bertz CT molecular complexity index is 1150. The number of rotatable bonds is 7. The third-order valence-electron chi connectivity index (χ3n) is 6.64. The lowest BCUT2D eigenvalue weighted by molar-refractivity contribution is -0.117. The summed E-state index contributed by atoms with van der Waals surface area (Å²) in [5.41, 5.74) is 2.95. The first kappa shape index (κ1) is 22.0. The summed E-state index contributed by atoms with van der Waals surface area (Å²) in [4.78, 5) is 33.2. The maximum Gasteiger partial charge on any atom is 0.350 e. The number of benzene rings is 1. The van der Waals surface area contributed by atoms with E-state index in [1.54, 1.807) is 0 Å². The molecule has 1 aliphatic carbocycles. The van der Waals surface area contributed by atoms with Crippen molar-refractivity contribution < 1.29 is 14.3 Å². The molecular formula is C26H29N3O3S. The molecule has 1 amide bonds. The van der Waals surface area contributed by atoms with Crippen LogP contribution in [0.3, 0.4) is 0 Å². The molecule has 0 unspecified atom stereocenters. The molecule has 7 heteroatoms. The van der Waals surface area contributed by atoms with Crippen molar-refractivity contribution in [3.05, 3.63) is 58.6 Å². The van der Waals surface area contributed by atoms with Gasteiger partial charge in [-0.05, 0) is 68.8 Å². The molecule has 1 aliphatic heterocycles. The highest BCUT2D eigenvalue weighted by molar-refractivity contribution is 7.21. The van der Waals surface area contributed by atoms with E-state index in [9.17, 15) is 9.59 Å². The van der Waals surface area contributed by atoms with Crippen molar-refractivity contribution >= 4 is 39.1 Å². The third-order valence-corrected chi connectivity index (χ3v) is 7.72. The number of aromatic nitrogens is 1. The zero-order valence-corrected chi connectivity index (χ0v) is 19.7. The first-order valence-corrected chi connectivity index (χ1v) is 12.5. The van der Waals surface area contributed by atoms with Crippen LogP contribution in [0.15, 0.2) is 42.5 Å². The largest absolute Gasteiger partial charge is 0.465 e. The Morgan fingerprint density at radius 3 is 2.55 bits per heavy atom. The number of carbonyl (C=O) groups excluding carboxylic acids is 2. The van der Waals surface area contributed by atoms with E-state index in [-0.39, 0.29) is 11.8 Å². The van der Waals surface area contributed by atoms with Gasteiger partial charge in [0.05, 0.1) is 18.5 Å². The van der Waals surface area contributed by atoms with Gasteiger partial charge in [0.25, 0.3) is 0 Å². The number of pyridine rings is 1. The normalized spacial score (nSPS) is 17.2. The molecule has 2 aliphatic rings. The molecule has 0 bridgehead atoms. The number of hydrogen-bond acceptors (Lipinski definition) is 6. The van der Waals surface area contributed by atoms with Crippen LogP contribution < -0.4 is 5.32 Å². The maximum absolute atomic E-state index is 12.4. The van der Waals surface area contributed by atoms with E-state index in [1.807, 2.05) is 12.1 Å². The van der Waals surface area contributed by atoms with Crippen LogP contribution in [0, 0.1) is 11.8 Å². The average Bonchev–Trinajstić information content (AvgIpc) is 3.63. The third kappa shape index (κ3) is 5.09. The lowest BCUT2D eigenvalue weighted by Gasteiger charge is -2.31. The fraction of sp³-hybridized carbons (Fsp3) is 0.423. The van der Waals surface area contributed by atoms with E-state index in [2.05, 4.69) is 40.5 Å². The number of anilines is 1. The molecule has 0 atom stereocenters. The fourth-order valence-corrected chi connectivity index (χ4v) is 5.63. The number of hydrogen-bond donors (Lipinski definition) is 1. The smallest absolute Gasteiger partial charge is 0.350 e. The number of amides is 1. The molecular weight excluding hydrogens is 434 g/mol. The zero-order chi connectivity index (χ0) is 22.8. The number of fused-ring (bicyclic) bond motifs is 1. The minimum atomic E-state index is -0.439. The lowest BCUT2D eigenvalue weighted by atomic mass is 9.90. The molecule has 33 heavy (non-hydrogen) atoms. The van der Waals surface area contributed by atoms with Gasteiger partial charge in [0.2, 0.25) is 5.91 Å². The number of nitrogens with zero attached hydrogens (tertiary/aromatic N) is 2. The van der Waals surface area contributed by atoms with Crippen molar-refractivity contribution in [3.63, 3.8) is 0 Å². The van der Waals surface area contributed by atoms with Gasteiger partial charge in [-0.3, -0.25) is 9.69 Å². The van der Waals surface area contributed by atoms with Crippen LogP contribution in [0.5, 0.6) is 0 Å². The molecule has 6 nitrogen and oxygen atoms in total. The minimum Gasteiger partial charge on any atom is -0.465 e. The molecule has 5 rings (SSSR count). The SMILES string of the molecule is COC(=O)c1sc2nc(CN3CCC(Cc4ccccc4)CC3)ccc2c1NC(=O)C1CC1. The minimum absolute atomic E-state index is 0.0256. The summed E-state index contributed by atoms with van der Waals surface area (Å²) < 4.78 is 4.95. The topological polar surface area (TPSA) is 71.5 Å². The van der Waals surface area contributed by atoms with E-state index in [4.69, 9.17) is 9.72 Å². The van der Waals surface area contributed by atoms with Crippen LogP contribution in [-0.2, 0) is 22.5 Å². The van der Waals surface area contributed by atoms with Crippen LogP contribution >= 0.6 is 11.3 Å². The fourth-order valence-electron chi connectivity index (χ4n) is 4.56. The second-order valence-corrected chi connectivity index (χ2v) is 10.1. The molecule has 3 aromatic rings. The van der Waals surface area contributed by atoms with Crippen molar-refractivity contribution in [2.24, 2.45) is 11.8 Å². The molecule has 172 valence electrons. The van der Waals surface area contributed by atoms with E-state index >= 15 is 0 Å². The number of likely N-dealkylation sites (tertiary alicyclic amines) is 1. The zero-order valence-electron chi connectivity index (χ0n) is 18.9. The molecule has 2 aromatic heterocycles. The summed E-state index contributed by atoms with van der Waals surface area (Å²) in [7, 11) is 1.36. The Balaban J connectivity index is 1.26. The molecule has 1 N–H and O–H groups in total. The average molecular weight is 464 g/mol. The number of thiophene rings is 1. The quantitative estimate of drug-likeness (QED) is 0.506. The van der Waals surface area contributed by atoms with Gasteiger partial charge in [0, 0.05) is 17.8 Å². The van der Waals surface area contributed by atoms with Gasteiger partial charge < -0.3 is 10.1 Å². The van der Waals surface area contributed by atoms with E-state index in [0.717, 1.165) is 60.7 Å². The van der Waals surface area contributed by atoms with Crippen LogP contribution in [0.25, 0.3) is 10.2 Å². The number of esters is 1. The molecule has 3 heterocycles. The molecule has 2 fully saturated rings. The van der Waals surface area contributed by atoms with Gasteiger partial charge in [-0.15, -0.1) is 11.3 Å². The molecule has 0 spiro atoms. The monoisotopic (exact) mass is 463 g/mol. The summed E-state index contributed by atoms with van der Waals surface area (Å²) in [6.07, 6.45) is 5.36. The van der Waals surface area contributed by atoms with Crippen molar-refractivity contribution in [2.45, 2.75) is 38.6 Å². The predicted molar refractivity (Wildman–Crippen MR) is 130 cm³/mol. The summed E-state index contributed by atoms with van der Waals surface area (Å²) in [6, 6.07) is 14.7. The summed E-state index contributed by atoms with van der Waals surface area (Å²) >= 11 is 1.29. The van der Waals surface area contributed by atoms with Gasteiger partial charge in [-0.2, -0.15) is 0 Å². The van der Waals surface area contributed by atoms with Crippen LogP contribution in [0.2, 0.25) is 0 Å². The van der Waals surface area contributed by atoms with E-state index in [0.29, 0.717) is 10.6 Å². The number of ether oxygens (including phenoxy) is 1. The van der Waals surface area contributed by atoms with Gasteiger partial charge in [-0.25, -0.2) is 9.78 Å². The van der Waals surface area contributed by atoms with Crippen LogP contribution in [0.4, 0.5) is 5.69 Å². The molecule has 1 saturated heterocycles. The van der Waals surface area contributed by atoms with Crippen molar-refractivity contribution in [2.75, 3.05) is 25.5 Å². The number of methoxy groups -OCH3 is 1. The van der Waals surface area contributed by atoms with Gasteiger partial charge in [0.1, 0.15) is 9.71 Å². The summed E-state index contributed by atoms with van der Waals surface area (Å²) in [6.45, 7) is 2.93. The maximum atomic E-state index is 12.4. The number of nitrogens with one attached hydrogen (secondary N) is 1. The number of carbonyl (C=O) groups is 2. The van der Waals surface area contributed by atoms with Gasteiger partial charge >= 0.3 is 5.97 Å². The van der Waals surface area contributed by atoms with Crippen LogP contribution in [0.1, 0.15) is 46.6 Å². The van der Waals surface area contributed by atoms with Crippen LogP contribution in [-0.4, -0.2) is 42.0 Å². The Kier molecular flexibility index (Phi) is 6.42. The Labute approximate surface area is 198 Å². The Morgan fingerprint density at radius 2 is 1.85 bits per heavy atom. The highest BCUT2D eigenvalue weighted by Crippen LogP contribution is 2.38. The van der Waals surface area contributed by atoms with Gasteiger partial charge in [0.15, 0.2) is 0 Å². The predicted octanol–water partition coefficient (Wildman–Crippen LogP) is 4.89. The summed E-state index contributed by atoms with van der Waals surface area (Å²) in [5.74, 6) is 0.326. The highest BCUT2D eigenvalue weighted by Gasteiger charge is 2.32. The molecule has 0 radical (unpaired) electrons. The van der Waals surface area contributed by atoms with Crippen molar-refractivity contribution in [1.82, 2.24) is 9.88 Å². The van der Waals surface area contributed by atoms with E-state index < -0.39 is 5.97 Å². The summed E-state index contributed by atoms with van der Waals surface area (Å²) in [5, 5.41) is 3.76. The van der Waals surface area contributed by atoms with Gasteiger partial charge in [-0.1, -0.05) is 30.3 Å². The van der Waals surface area contributed by atoms with Crippen molar-refractivity contribution in [3.8, 4) is 0 Å². The Morgan fingerprint density at radius 1 is 1.09 bits per heavy atom. The number of piperidine rings is 1. The second-order valence-electron chi connectivity index (χ2n) is 9.13. The highest BCUT2D eigenvalue weighted by atomic mass is 32.1. The second kappa shape index (κ2) is 9.61. The van der Waals surface area contributed by atoms with Crippen molar-refractivity contribution in [1.29, 1.82) is 0 Å². The first-order valence-electron chi connectivity index (χ1n) is 11.7.